The lowest BCUT2D eigenvalue weighted by molar-refractivity contribution is 0.281. The average molecular weight is 246 g/mol. The van der Waals surface area contributed by atoms with Crippen molar-refractivity contribution in [1.29, 1.82) is 0 Å². The van der Waals surface area contributed by atoms with Gasteiger partial charge in [-0.25, -0.2) is 0 Å². The molecule has 4 nitrogen and oxygen atoms in total. The maximum atomic E-state index is 9.34. The summed E-state index contributed by atoms with van der Waals surface area (Å²) in [5, 5.41) is 9.34. The third kappa shape index (κ3) is 2.71. The number of nitrogens with zero attached hydrogens (tertiary/aromatic N) is 2. The highest BCUT2D eigenvalue weighted by Gasteiger charge is 2.10. The Morgan fingerprint density at radius 3 is 2.72 bits per heavy atom. The first-order chi connectivity index (χ1) is 8.60. The highest BCUT2D eigenvalue weighted by Crippen LogP contribution is 2.22. The Morgan fingerprint density at radius 1 is 1.33 bits per heavy atom. The third-order valence-corrected chi connectivity index (χ3v) is 2.87. The van der Waals surface area contributed by atoms with Crippen LogP contribution in [0.1, 0.15) is 22.8 Å². The first-order valence-electron chi connectivity index (χ1n) is 5.93. The molecule has 0 aliphatic carbocycles. The van der Waals surface area contributed by atoms with Crippen LogP contribution in [0, 0.1) is 13.8 Å². The molecule has 18 heavy (non-hydrogen) atoms. The van der Waals surface area contributed by atoms with E-state index in [9.17, 15) is 5.11 Å². The zero-order chi connectivity index (χ0) is 13.1. The normalized spacial score (nSPS) is 10.7. The van der Waals surface area contributed by atoms with Crippen LogP contribution in [0.5, 0.6) is 0 Å². The highest BCUT2D eigenvalue weighted by molar-refractivity contribution is 5.52. The molecule has 2 aromatic rings. The number of hydrogen-bond donors (Lipinski definition) is 1. The molecule has 0 fully saturated rings. The van der Waals surface area contributed by atoms with Gasteiger partial charge in [-0.05, 0) is 32.0 Å². The first kappa shape index (κ1) is 12.6. The lowest BCUT2D eigenvalue weighted by Gasteiger charge is -2.21. The van der Waals surface area contributed by atoms with E-state index in [2.05, 4.69) is 9.88 Å². The van der Waals surface area contributed by atoms with Crippen molar-refractivity contribution in [2.24, 2.45) is 0 Å². The monoisotopic (exact) mass is 246 g/mol. The summed E-state index contributed by atoms with van der Waals surface area (Å²) in [5.74, 6) is 1.82. The Balaban J connectivity index is 2.22. The molecule has 0 spiro atoms. The molecule has 2 heterocycles. The fourth-order valence-electron chi connectivity index (χ4n) is 1.94. The molecule has 0 radical (unpaired) electrons. The lowest BCUT2D eigenvalue weighted by Crippen LogP contribution is -2.18. The number of aliphatic hydroxyl groups excluding tert-OH is 1. The summed E-state index contributed by atoms with van der Waals surface area (Å²) in [4.78, 5) is 6.25. The molecule has 2 rings (SSSR count). The SMILES string of the molecule is Cc1cc(N(C)Cc2ccc(C)o2)c(CO)cn1. The molecule has 0 aliphatic rings. The summed E-state index contributed by atoms with van der Waals surface area (Å²) in [7, 11) is 1.98. The van der Waals surface area contributed by atoms with Crippen molar-refractivity contribution in [3.8, 4) is 0 Å². The third-order valence-electron chi connectivity index (χ3n) is 2.87. The first-order valence-corrected chi connectivity index (χ1v) is 5.93. The number of aryl methyl sites for hydroxylation is 2. The molecule has 0 aliphatic heterocycles. The van der Waals surface area contributed by atoms with Gasteiger partial charge >= 0.3 is 0 Å². The summed E-state index contributed by atoms with van der Waals surface area (Å²) in [6, 6.07) is 5.90. The van der Waals surface area contributed by atoms with Gasteiger partial charge in [0.2, 0.25) is 0 Å². The minimum atomic E-state index is -0.00979. The summed E-state index contributed by atoms with van der Waals surface area (Å²) in [6.45, 7) is 4.53. The van der Waals surface area contributed by atoms with Gasteiger partial charge in [0, 0.05) is 30.2 Å². The van der Waals surface area contributed by atoms with Gasteiger partial charge in [-0.15, -0.1) is 0 Å². The largest absolute Gasteiger partial charge is 0.464 e. The second-order valence-corrected chi connectivity index (χ2v) is 4.48. The Hall–Kier alpha value is -1.81. The predicted octanol–water partition coefficient (Wildman–Crippen LogP) is 2.42. The van der Waals surface area contributed by atoms with E-state index < -0.39 is 0 Å². The fourth-order valence-corrected chi connectivity index (χ4v) is 1.94. The van der Waals surface area contributed by atoms with Crippen molar-refractivity contribution < 1.29 is 9.52 Å². The molecule has 0 atom stereocenters. The Kier molecular flexibility index (Phi) is 3.67. The van der Waals surface area contributed by atoms with Gasteiger partial charge in [0.1, 0.15) is 11.5 Å². The van der Waals surface area contributed by atoms with E-state index in [1.54, 1.807) is 6.20 Å². The Bertz CT molecular complexity index is 534. The fraction of sp³-hybridized carbons (Fsp3) is 0.357. The van der Waals surface area contributed by atoms with E-state index >= 15 is 0 Å². The van der Waals surface area contributed by atoms with Crippen molar-refractivity contribution in [3.63, 3.8) is 0 Å². The van der Waals surface area contributed by atoms with E-state index in [-0.39, 0.29) is 6.61 Å². The molecule has 2 aromatic heterocycles. The van der Waals surface area contributed by atoms with Gasteiger partial charge in [0.15, 0.2) is 0 Å². The van der Waals surface area contributed by atoms with Gasteiger partial charge in [0.25, 0.3) is 0 Å². The summed E-state index contributed by atoms with van der Waals surface area (Å²) in [5.41, 5.74) is 2.75. The van der Waals surface area contributed by atoms with Crippen LogP contribution in [0.25, 0.3) is 0 Å². The number of pyridine rings is 1. The topological polar surface area (TPSA) is 49.5 Å². The van der Waals surface area contributed by atoms with Crippen LogP contribution in [-0.4, -0.2) is 17.1 Å². The molecule has 96 valence electrons. The minimum Gasteiger partial charge on any atom is -0.464 e. The highest BCUT2D eigenvalue weighted by atomic mass is 16.3. The second-order valence-electron chi connectivity index (χ2n) is 4.48. The molecule has 0 saturated heterocycles. The number of furan rings is 1. The standard InChI is InChI=1S/C14H18N2O2/c1-10-6-14(12(9-17)7-15-10)16(3)8-13-5-4-11(2)18-13/h4-7,17H,8-9H2,1-3H3. The summed E-state index contributed by atoms with van der Waals surface area (Å²) in [6.07, 6.45) is 1.72. The summed E-state index contributed by atoms with van der Waals surface area (Å²) >= 11 is 0. The minimum absolute atomic E-state index is 0.00979. The maximum Gasteiger partial charge on any atom is 0.123 e. The zero-order valence-corrected chi connectivity index (χ0v) is 11.0. The molecular weight excluding hydrogens is 228 g/mol. The smallest absolute Gasteiger partial charge is 0.123 e. The quantitative estimate of drug-likeness (QED) is 0.900. The Labute approximate surface area is 107 Å². The number of hydrogen-bond acceptors (Lipinski definition) is 4. The van der Waals surface area contributed by atoms with Gasteiger partial charge in [-0.1, -0.05) is 0 Å². The van der Waals surface area contributed by atoms with Crippen LogP contribution in [0.3, 0.4) is 0 Å². The van der Waals surface area contributed by atoms with E-state index in [1.165, 1.54) is 0 Å². The lowest BCUT2D eigenvalue weighted by atomic mass is 10.2. The molecular formula is C14H18N2O2. The van der Waals surface area contributed by atoms with Crippen LogP contribution in [0.2, 0.25) is 0 Å². The van der Waals surface area contributed by atoms with Gasteiger partial charge in [-0.3, -0.25) is 4.98 Å². The van der Waals surface area contributed by atoms with Crippen molar-refractivity contribution in [2.45, 2.75) is 27.0 Å². The zero-order valence-electron chi connectivity index (χ0n) is 11.0. The molecule has 0 aromatic carbocycles. The Morgan fingerprint density at radius 2 is 2.11 bits per heavy atom. The molecule has 0 saturated carbocycles. The van der Waals surface area contributed by atoms with Crippen LogP contribution >= 0.6 is 0 Å². The van der Waals surface area contributed by atoms with E-state index in [0.717, 1.165) is 28.5 Å². The number of rotatable bonds is 4. The molecule has 4 heteroatoms. The maximum absolute atomic E-state index is 9.34. The van der Waals surface area contributed by atoms with Gasteiger partial charge in [-0.2, -0.15) is 0 Å². The van der Waals surface area contributed by atoms with E-state index in [4.69, 9.17) is 4.42 Å². The summed E-state index contributed by atoms with van der Waals surface area (Å²) < 4.78 is 5.56. The van der Waals surface area contributed by atoms with Crippen molar-refractivity contribution in [1.82, 2.24) is 4.98 Å². The molecule has 0 bridgehead atoms. The molecule has 0 unspecified atom stereocenters. The van der Waals surface area contributed by atoms with Crippen LogP contribution in [0.15, 0.2) is 28.8 Å². The molecule has 0 amide bonds. The van der Waals surface area contributed by atoms with E-state index in [0.29, 0.717) is 6.54 Å². The van der Waals surface area contributed by atoms with Crippen molar-refractivity contribution in [2.75, 3.05) is 11.9 Å². The van der Waals surface area contributed by atoms with Crippen molar-refractivity contribution >= 4 is 5.69 Å². The second kappa shape index (κ2) is 5.23. The van der Waals surface area contributed by atoms with Crippen molar-refractivity contribution in [3.05, 3.63) is 47.2 Å². The van der Waals surface area contributed by atoms with Gasteiger partial charge < -0.3 is 14.4 Å². The van der Waals surface area contributed by atoms with Crippen LogP contribution in [-0.2, 0) is 13.2 Å². The number of aliphatic hydroxyl groups is 1. The number of aromatic nitrogens is 1. The number of anilines is 1. The van der Waals surface area contributed by atoms with Crippen LogP contribution < -0.4 is 4.90 Å². The predicted molar refractivity (Wildman–Crippen MR) is 70.4 cm³/mol. The van der Waals surface area contributed by atoms with E-state index in [1.807, 2.05) is 39.1 Å². The van der Waals surface area contributed by atoms with Gasteiger partial charge in [0.05, 0.1) is 13.2 Å². The average Bonchev–Trinajstić information content (AvgIpc) is 2.74. The van der Waals surface area contributed by atoms with Crippen LogP contribution in [0.4, 0.5) is 5.69 Å². The molecule has 1 N–H and O–H groups in total.